The van der Waals surface area contributed by atoms with Gasteiger partial charge in [-0.15, -0.1) is 0 Å². The number of halogens is 1. The molecule has 3 heterocycles. The van der Waals surface area contributed by atoms with Gasteiger partial charge in [-0.3, -0.25) is 9.78 Å². The zero-order chi connectivity index (χ0) is 16.2. The standard InChI is InChI=1S/C12H15BrN4O5/c1-17-6-5(15-12(14)16-11(6)21)4(10(17)13)9-8(20)7(19)3(2-18)22-9/h3,7-9,18-20H,2H2,1H3,(H3,14,15,16,21). The molecule has 1 aliphatic heterocycles. The summed E-state index contributed by atoms with van der Waals surface area (Å²) in [5.41, 5.74) is 6.08. The number of aromatic nitrogens is 3. The van der Waals surface area contributed by atoms with E-state index in [-0.39, 0.29) is 17.0 Å². The highest BCUT2D eigenvalue weighted by Gasteiger charge is 2.45. The van der Waals surface area contributed by atoms with Crippen LogP contribution in [0.4, 0.5) is 5.95 Å². The molecule has 0 aliphatic carbocycles. The third kappa shape index (κ3) is 2.07. The average Bonchev–Trinajstić information content (AvgIpc) is 2.87. The van der Waals surface area contributed by atoms with Crippen LogP contribution in [0, 0.1) is 0 Å². The summed E-state index contributed by atoms with van der Waals surface area (Å²) in [7, 11) is 1.64. The number of nitrogens with two attached hydrogens (primary N) is 1. The molecule has 10 heteroatoms. The zero-order valence-electron chi connectivity index (χ0n) is 11.5. The van der Waals surface area contributed by atoms with Gasteiger partial charge in [0.2, 0.25) is 5.95 Å². The van der Waals surface area contributed by atoms with Gasteiger partial charge in [0, 0.05) is 12.6 Å². The fourth-order valence-corrected chi connectivity index (χ4v) is 3.34. The van der Waals surface area contributed by atoms with E-state index in [4.69, 9.17) is 10.5 Å². The molecule has 1 aliphatic rings. The number of aryl methyl sites for hydroxylation is 1. The maximum Gasteiger partial charge on any atom is 0.276 e. The molecule has 0 aromatic carbocycles. The Kier molecular flexibility index (Phi) is 3.73. The number of anilines is 1. The molecule has 0 amide bonds. The van der Waals surface area contributed by atoms with E-state index in [2.05, 4.69) is 25.9 Å². The number of H-pyrrole nitrogens is 1. The van der Waals surface area contributed by atoms with Crippen molar-refractivity contribution in [2.45, 2.75) is 24.4 Å². The predicted octanol–water partition coefficient (Wildman–Crippen LogP) is -1.24. The monoisotopic (exact) mass is 374 g/mol. The van der Waals surface area contributed by atoms with Gasteiger partial charge in [0.25, 0.3) is 5.56 Å². The van der Waals surface area contributed by atoms with Crippen LogP contribution < -0.4 is 11.3 Å². The van der Waals surface area contributed by atoms with Gasteiger partial charge in [-0.05, 0) is 15.9 Å². The van der Waals surface area contributed by atoms with Crippen molar-refractivity contribution in [3.8, 4) is 0 Å². The van der Waals surface area contributed by atoms with E-state index in [9.17, 15) is 20.1 Å². The number of rotatable bonds is 2. The molecule has 120 valence electrons. The average molecular weight is 375 g/mol. The Morgan fingerprint density at radius 1 is 1.45 bits per heavy atom. The molecule has 4 atom stereocenters. The minimum absolute atomic E-state index is 0.0661. The van der Waals surface area contributed by atoms with E-state index in [0.29, 0.717) is 10.2 Å². The lowest BCUT2D eigenvalue weighted by Crippen LogP contribution is -2.32. The van der Waals surface area contributed by atoms with Gasteiger partial charge in [-0.1, -0.05) is 0 Å². The summed E-state index contributed by atoms with van der Waals surface area (Å²) in [5.74, 6) is -0.0661. The maximum atomic E-state index is 12.1. The fraction of sp³-hybridized carbons (Fsp3) is 0.500. The molecular weight excluding hydrogens is 360 g/mol. The molecule has 9 nitrogen and oxygen atoms in total. The second-order valence-electron chi connectivity index (χ2n) is 5.17. The van der Waals surface area contributed by atoms with Crippen molar-refractivity contribution in [1.82, 2.24) is 14.5 Å². The zero-order valence-corrected chi connectivity index (χ0v) is 13.1. The van der Waals surface area contributed by atoms with Crippen molar-refractivity contribution in [3.63, 3.8) is 0 Å². The Hall–Kier alpha value is -1.46. The van der Waals surface area contributed by atoms with Crippen LogP contribution in [0.1, 0.15) is 11.7 Å². The number of nitrogens with one attached hydrogen (secondary N) is 1. The topological polar surface area (TPSA) is 147 Å². The molecule has 0 spiro atoms. The molecule has 0 saturated carbocycles. The number of aromatic amines is 1. The molecule has 6 N–H and O–H groups in total. The van der Waals surface area contributed by atoms with E-state index < -0.39 is 36.6 Å². The second kappa shape index (κ2) is 5.32. The van der Waals surface area contributed by atoms with Gasteiger partial charge in [0.05, 0.1) is 11.2 Å². The van der Waals surface area contributed by atoms with Crippen LogP contribution >= 0.6 is 15.9 Å². The first-order valence-corrected chi connectivity index (χ1v) is 7.32. The Bertz CT molecular complexity index is 788. The van der Waals surface area contributed by atoms with Gasteiger partial charge in [-0.25, -0.2) is 4.98 Å². The first kappa shape index (κ1) is 15.4. The van der Waals surface area contributed by atoms with Crippen molar-refractivity contribution >= 4 is 32.9 Å². The van der Waals surface area contributed by atoms with Crippen molar-refractivity contribution in [3.05, 3.63) is 20.5 Å². The van der Waals surface area contributed by atoms with Gasteiger partial charge in [0.15, 0.2) is 0 Å². The summed E-state index contributed by atoms with van der Waals surface area (Å²) in [6.07, 6.45) is -4.36. The summed E-state index contributed by atoms with van der Waals surface area (Å²) in [6.45, 7) is -0.437. The maximum absolute atomic E-state index is 12.1. The number of aliphatic hydroxyl groups excluding tert-OH is 3. The minimum Gasteiger partial charge on any atom is -0.394 e. The minimum atomic E-state index is -1.26. The lowest BCUT2D eigenvalue weighted by atomic mass is 10.0. The first-order valence-electron chi connectivity index (χ1n) is 6.52. The van der Waals surface area contributed by atoms with Crippen molar-refractivity contribution in [1.29, 1.82) is 0 Å². The lowest BCUT2D eigenvalue weighted by Gasteiger charge is -2.14. The van der Waals surface area contributed by atoms with Crippen LogP contribution in [0.2, 0.25) is 0 Å². The molecule has 3 rings (SSSR count). The fourth-order valence-electron chi connectivity index (χ4n) is 2.75. The Balaban J connectivity index is 2.24. The molecule has 2 aromatic heterocycles. The Morgan fingerprint density at radius 2 is 2.14 bits per heavy atom. The summed E-state index contributed by atoms with van der Waals surface area (Å²) >= 11 is 3.35. The van der Waals surface area contributed by atoms with Crippen LogP contribution in [0.25, 0.3) is 11.0 Å². The van der Waals surface area contributed by atoms with Crippen LogP contribution in [0.15, 0.2) is 9.40 Å². The summed E-state index contributed by atoms with van der Waals surface area (Å²) in [5, 5.41) is 29.3. The number of aliphatic hydroxyl groups is 3. The molecule has 22 heavy (non-hydrogen) atoms. The highest BCUT2D eigenvalue weighted by molar-refractivity contribution is 9.10. The highest BCUT2D eigenvalue weighted by atomic mass is 79.9. The summed E-state index contributed by atoms with van der Waals surface area (Å²) < 4.78 is 7.54. The second-order valence-corrected chi connectivity index (χ2v) is 5.92. The number of hydrogen-bond donors (Lipinski definition) is 5. The molecule has 1 fully saturated rings. The Labute approximate surface area is 132 Å². The van der Waals surface area contributed by atoms with Gasteiger partial charge < -0.3 is 30.4 Å². The normalized spacial score (nSPS) is 28.6. The molecule has 0 bridgehead atoms. The third-order valence-electron chi connectivity index (χ3n) is 3.85. The van der Waals surface area contributed by atoms with Gasteiger partial charge in [0.1, 0.15) is 35.4 Å². The van der Waals surface area contributed by atoms with Crippen LogP contribution in [0.3, 0.4) is 0 Å². The molecule has 0 radical (unpaired) electrons. The Morgan fingerprint density at radius 3 is 2.73 bits per heavy atom. The van der Waals surface area contributed by atoms with Crippen molar-refractivity contribution in [2.75, 3.05) is 12.3 Å². The molecule has 1 saturated heterocycles. The SMILES string of the molecule is Cn1c(Br)c(C2OC(CO)C(O)C2O)c2nc(N)[nH]c(=O)c21. The summed E-state index contributed by atoms with van der Waals surface area (Å²) in [6, 6.07) is 0. The first-order chi connectivity index (χ1) is 10.4. The van der Waals surface area contributed by atoms with Gasteiger partial charge in [-0.2, -0.15) is 0 Å². The van der Waals surface area contributed by atoms with Crippen molar-refractivity contribution < 1.29 is 20.1 Å². The highest BCUT2D eigenvalue weighted by Crippen LogP contribution is 2.40. The largest absolute Gasteiger partial charge is 0.394 e. The quantitative estimate of drug-likeness (QED) is 0.441. The number of ether oxygens (including phenoxy) is 1. The predicted molar refractivity (Wildman–Crippen MR) is 80.2 cm³/mol. The van der Waals surface area contributed by atoms with Crippen LogP contribution in [0.5, 0.6) is 0 Å². The number of nitrogens with zero attached hydrogens (tertiary/aromatic N) is 2. The number of nitrogen functional groups attached to an aromatic ring is 1. The lowest BCUT2D eigenvalue weighted by molar-refractivity contribution is -0.0226. The number of hydrogen-bond acceptors (Lipinski definition) is 7. The number of fused-ring (bicyclic) bond motifs is 1. The molecule has 4 unspecified atom stereocenters. The molecular formula is C12H15BrN4O5. The van der Waals surface area contributed by atoms with E-state index in [1.807, 2.05) is 0 Å². The van der Waals surface area contributed by atoms with Gasteiger partial charge >= 0.3 is 0 Å². The smallest absolute Gasteiger partial charge is 0.276 e. The third-order valence-corrected chi connectivity index (χ3v) is 4.81. The van der Waals surface area contributed by atoms with E-state index in [1.54, 1.807) is 11.6 Å². The van der Waals surface area contributed by atoms with E-state index in [0.717, 1.165) is 0 Å². The van der Waals surface area contributed by atoms with E-state index in [1.165, 1.54) is 0 Å². The van der Waals surface area contributed by atoms with Crippen molar-refractivity contribution in [2.24, 2.45) is 7.05 Å². The van der Waals surface area contributed by atoms with Crippen LogP contribution in [-0.2, 0) is 11.8 Å². The van der Waals surface area contributed by atoms with E-state index >= 15 is 0 Å². The molecule has 2 aromatic rings. The summed E-state index contributed by atoms with van der Waals surface area (Å²) in [4.78, 5) is 18.6. The van der Waals surface area contributed by atoms with Crippen LogP contribution in [-0.4, -0.2) is 54.8 Å².